The Balaban J connectivity index is 1.48. The highest BCUT2D eigenvalue weighted by Crippen LogP contribution is 2.11. The number of amides is 3. The van der Waals surface area contributed by atoms with E-state index in [0.29, 0.717) is 28.4 Å². The third kappa shape index (κ3) is 8.75. The second-order valence-corrected chi connectivity index (χ2v) is 8.36. The first-order valence-electron chi connectivity index (χ1n) is 11.3. The van der Waals surface area contributed by atoms with Gasteiger partial charge in [-0.05, 0) is 66.2 Å². The number of nitrogens with one attached hydrogen (secondary N) is 4. The standard InChI is InChI=1S/C27H26ClN5O4/c28-22-11-5-20(6-12-22)16-30-17-25(34)31-23-13-7-19(8-14-23)2-1-18-3-9-21(10-4-18)26(35)32-24(15-29)27(36)33-37/h3-14,24,30,37H,15-17,29H2,(H,31,34)(H,32,35)(H,33,36)/t24-/m0/s1. The number of rotatable bonds is 9. The van der Waals surface area contributed by atoms with Crippen LogP contribution < -0.4 is 27.2 Å². The molecule has 0 aliphatic rings. The topological polar surface area (TPSA) is 146 Å². The molecule has 0 spiro atoms. The van der Waals surface area contributed by atoms with Crippen molar-refractivity contribution in [3.8, 4) is 11.8 Å². The average Bonchev–Trinajstić information content (AvgIpc) is 2.92. The van der Waals surface area contributed by atoms with E-state index < -0.39 is 17.9 Å². The van der Waals surface area contributed by atoms with Crippen LogP contribution in [0.2, 0.25) is 5.02 Å². The van der Waals surface area contributed by atoms with Gasteiger partial charge in [-0.1, -0.05) is 35.6 Å². The van der Waals surface area contributed by atoms with Crippen LogP contribution in [0.25, 0.3) is 0 Å². The van der Waals surface area contributed by atoms with Crippen molar-refractivity contribution in [2.45, 2.75) is 12.6 Å². The van der Waals surface area contributed by atoms with E-state index in [1.165, 1.54) is 5.48 Å². The number of carbonyl (C=O) groups excluding carboxylic acids is 3. The van der Waals surface area contributed by atoms with E-state index in [1.54, 1.807) is 60.7 Å². The van der Waals surface area contributed by atoms with Crippen LogP contribution in [0.3, 0.4) is 0 Å². The second-order valence-electron chi connectivity index (χ2n) is 7.92. The smallest absolute Gasteiger partial charge is 0.267 e. The first-order chi connectivity index (χ1) is 17.9. The summed E-state index contributed by atoms with van der Waals surface area (Å²) in [6.07, 6.45) is 0. The molecule has 1 atom stereocenters. The van der Waals surface area contributed by atoms with Gasteiger partial charge >= 0.3 is 0 Å². The second kappa shape index (κ2) is 13.8. The van der Waals surface area contributed by atoms with Crippen LogP contribution in [-0.2, 0) is 16.1 Å². The summed E-state index contributed by atoms with van der Waals surface area (Å²) in [5.41, 5.74) is 10.3. The first kappa shape index (κ1) is 27.4. The summed E-state index contributed by atoms with van der Waals surface area (Å²) >= 11 is 5.87. The fraction of sp³-hybridized carbons (Fsp3) is 0.148. The molecule has 0 unspecified atom stereocenters. The van der Waals surface area contributed by atoms with Crippen molar-refractivity contribution in [1.29, 1.82) is 0 Å². The SMILES string of the molecule is NC[C@H](NC(=O)c1ccc(C#Cc2ccc(NC(=O)CNCc3ccc(Cl)cc3)cc2)cc1)C(=O)NO. The van der Waals surface area contributed by atoms with Crippen LogP contribution in [0.4, 0.5) is 5.69 Å². The Morgan fingerprint density at radius 3 is 2.05 bits per heavy atom. The van der Waals surface area contributed by atoms with Crippen LogP contribution in [-0.4, -0.2) is 42.1 Å². The first-order valence-corrected chi connectivity index (χ1v) is 11.7. The summed E-state index contributed by atoms with van der Waals surface area (Å²) in [5, 5.41) is 17.7. The van der Waals surface area contributed by atoms with Crippen LogP contribution in [0.15, 0.2) is 72.8 Å². The van der Waals surface area contributed by atoms with Gasteiger partial charge in [-0.15, -0.1) is 0 Å². The summed E-state index contributed by atoms with van der Waals surface area (Å²) in [7, 11) is 0. The number of benzene rings is 3. The van der Waals surface area contributed by atoms with E-state index >= 15 is 0 Å². The molecule has 0 heterocycles. The number of hydroxylamine groups is 1. The number of anilines is 1. The Labute approximate surface area is 219 Å². The molecule has 3 aromatic carbocycles. The number of halogens is 1. The van der Waals surface area contributed by atoms with E-state index in [0.717, 1.165) is 11.1 Å². The molecule has 3 amide bonds. The fourth-order valence-electron chi connectivity index (χ4n) is 3.16. The van der Waals surface area contributed by atoms with Crippen LogP contribution >= 0.6 is 11.6 Å². The van der Waals surface area contributed by atoms with Gasteiger partial charge in [0.15, 0.2) is 0 Å². The highest BCUT2D eigenvalue weighted by molar-refractivity contribution is 6.30. The molecule has 9 nitrogen and oxygen atoms in total. The van der Waals surface area contributed by atoms with Crippen LogP contribution in [0, 0.1) is 11.8 Å². The Morgan fingerprint density at radius 2 is 1.49 bits per heavy atom. The van der Waals surface area contributed by atoms with Crippen molar-refractivity contribution in [3.05, 3.63) is 100 Å². The Kier molecular flexibility index (Phi) is 10.2. The van der Waals surface area contributed by atoms with E-state index in [-0.39, 0.29) is 19.0 Å². The molecule has 190 valence electrons. The number of hydrogen-bond acceptors (Lipinski definition) is 6. The van der Waals surface area contributed by atoms with Gasteiger partial charge in [0.25, 0.3) is 11.8 Å². The highest BCUT2D eigenvalue weighted by atomic mass is 35.5. The minimum Gasteiger partial charge on any atom is -0.339 e. The zero-order valence-electron chi connectivity index (χ0n) is 19.8. The molecule has 10 heteroatoms. The van der Waals surface area contributed by atoms with Crippen molar-refractivity contribution in [1.82, 2.24) is 16.1 Å². The third-order valence-corrected chi connectivity index (χ3v) is 5.41. The minimum atomic E-state index is -1.05. The van der Waals surface area contributed by atoms with Gasteiger partial charge in [0.05, 0.1) is 6.54 Å². The molecule has 0 aliphatic heterocycles. The highest BCUT2D eigenvalue weighted by Gasteiger charge is 2.19. The lowest BCUT2D eigenvalue weighted by atomic mass is 10.1. The van der Waals surface area contributed by atoms with Crippen molar-refractivity contribution in [2.75, 3.05) is 18.4 Å². The van der Waals surface area contributed by atoms with Gasteiger partial charge in [0.2, 0.25) is 5.91 Å². The lowest BCUT2D eigenvalue weighted by Gasteiger charge is -2.14. The Morgan fingerprint density at radius 1 is 0.892 bits per heavy atom. The Bertz CT molecular complexity index is 1280. The summed E-state index contributed by atoms with van der Waals surface area (Å²) in [4.78, 5) is 35.9. The van der Waals surface area contributed by atoms with Gasteiger partial charge in [-0.2, -0.15) is 0 Å². The molecule has 37 heavy (non-hydrogen) atoms. The number of carbonyl (C=O) groups is 3. The van der Waals surface area contributed by atoms with E-state index in [2.05, 4.69) is 27.8 Å². The molecule has 0 saturated heterocycles. The summed E-state index contributed by atoms with van der Waals surface area (Å²) < 4.78 is 0. The van der Waals surface area contributed by atoms with Crippen LogP contribution in [0.5, 0.6) is 0 Å². The van der Waals surface area contributed by atoms with Gasteiger partial charge in [-0.3, -0.25) is 19.6 Å². The summed E-state index contributed by atoms with van der Waals surface area (Å²) in [5.74, 6) is 4.58. The minimum absolute atomic E-state index is 0.160. The maximum atomic E-state index is 12.3. The predicted molar refractivity (Wildman–Crippen MR) is 141 cm³/mol. The average molecular weight is 520 g/mol. The molecule has 0 radical (unpaired) electrons. The van der Waals surface area contributed by atoms with Gasteiger partial charge in [-0.25, -0.2) is 5.48 Å². The number of hydrogen-bond donors (Lipinski definition) is 6. The largest absolute Gasteiger partial charge is 0.339 e. The van der Waals surface area contributed by atoms with Crippen LogP contribution in [0.1, 0.15) is 27.0 Å². The van der Waals surface area contributed by atoms with Gasteiger partial charge < -0.3 is 21.7 Å². The monoisotopic (exact) mass is 519 g/mol. The van der Waals surface area contributed by atoms with Crippen molar-refractivity contribution < 1.29 is 19.6 Å². The zero-order chi connectivity index (χ0) is 26.6. The normalized spacial score (nSPS) is 11.0. The predicted octanol–water partition coefficient (Wildman–Crippen LogP) is 2.03. The lowest BCUT2D eigenvalue weighted by Crippen LogP contribution is -2.50. The molecule has 0 fully saturated rings. The van der Waals surface area contributed by atoms with Gasteiger partial charge in [0, 0.05) is 40.5 Å². The Hall–Kier alpha value is -4.20. The van der Waals surface area contributed by atoms with E-state index in [4.69, 9.17) is 22.5 Å². The molecule has 0 saturated carbocycles. The van der Waals surface area contributed by atoms with Crippen molar-refractivity contribution in [2.24, 2.45) is 5.73 Å². The molecule has 3 rings (SSSR count). The molecule has 3 aromatic rings. The molecular weight excluding hydrogens is 494 g/mol. The summed E-state index contributed by atoms with van der Waals surface area (Å²) in [6.45, 7) is 0.560. The molecule has 0 aliphatic carbocycles. The lowest BCUT2D eigenvalue weighted by molar-refractivity contribution is -0.130. The summed E-state index contributed by atoms with van der Waals surface area (Å²) in [6, 6.07) is 20.0. The zero-order valence-corrected chi connectivity index (χ0v) is 20.5. The van der Waals surface area contributed by atoms with E-state index in [9.17, 15) is 14.4 Å². The molecule has 7 N–H and O–H groups in total. The quantitative estimate of drug-likeness (QED) is 0.145. The maximum Gasteiger partial charge on any atom is 0.267 e. The van der Waals surface area contributed by atoms with E-state index in [1.807, 2.05) is 12.1 Å². The van der Waals surface area contributed by atoms with Crippen molar-refractivity contribution in [3.63, 3.8) is 0 Å². The molecular formula is C27H26ClN5O4. The van der Waals surface area contributed by atoms with Crippen molar-refractivity contribution >= 4 is 35.0 Å². The number of nitrogens with two attached hydrogens (primary N) is 1. The molecule has 0 aromatic heterocycles. The molecule has 0 bridgehead atoms. The fourth-order valence-corrected chi connectivity index (χ4v) is 3.29. The van der Waals surface area contributed by atoms with Gasteiger partial charge in [0.1, 0.15) is 6.04 Å². The third-order valence-electron chi connectivity index (χ3n) is 5.16. The maximum absolute atomic E-state index is 12.3.